The number of aryl methyl sites for hydroxylation is 1. The molecule has 9 nitrogen and oxygen atoms in total. The van der Waals surface area contributed by atoms with E-state index in [1.54, 1.807) is 34.0 Å². The van der Waals surface area contributed by atoms with Gasteiger partial charge < -0.3 is 15.5 Å². The normalized spacial score (nSPS) is 16.4. The minimum atomic E-state index is -0.333. The molecule has 4 aromatic rings. The summed E-state index contributed by atoms with van der Waals surface area (Å²) in [5, 5.41) is 8.67. The molecule has 3 aromatic heterocycles. The molecule has 1 saturated heterocycles. The summed E-state index contributed by atoms with van der Waals surface area (Å²) < 4.78 is 3.12. The lowest BCUT2D eigenvalue weighted by Gasteiger charge is -2.37. The van der Waals surface area contributed by atoms with Crippen molar-refractivity contribution in [2.24, 2.45) is 13.0 Å². The molecule has 34 heavy (non-hydrogen) atoms. The van der Waals surface area contributed by atoms with E-state index in [9.17, 15) is 9.59 Å². The molecule has 1 amide bonds. The first kappa shape index (κ1) is 22.3. The number of anilines is 2. The standard InChI is InChI=1S/C24H27N7O2S/c1-15(2)17-13-30(11-10-26-17)19-8-9-25-12-16(19)27-22(32)18-14-34-23(28-18)31-21-7-5-4-6-20(21)29(3)24(31)33/h4-9,12,14-15,17,26H,10-11,13H2,1-3H3,(H,27,32)/t17-/m1/s1. The zero-order valence-electron chi connectivity index (χ0n) is 19.4. The Hall–Kier alpha value is -3.50. The van der Waals surface area contributed by atoms with Gasteiger partial charge in [0.2, 0.25) is 0 Å². The molecule has 0 bridgehead atoms. The maximum atomic E-state index is 13.1. The molecular formula is C24H27N7O2S. The Morgan fingerprint density at radius 1 is 1.24 bits per heavy atom. The fourth-order valence-electron chi connectivity index (χ4n) is 4.34. The molecule has 5 rings (SSSR count). The third kappa shape index (κ3) is 3.99. The molecule has 4 heterocycles. The molecule has 10 heteroatoms. The molecule has 0 spiro atoms. The fraction of sp³-hybridized carbons (Fsp3) is 0.333. The summed E-state index contributed by atoms with van der Waals surface area (Å²) in [6.07, 6.45) is 3.41. The predicted molar refractivity (Wildman–Crippen MR) is 135 cm³/mol. The van der Waals surface area contributed by atoms with Crippen LogP contribution < -0.4 is 21.2 Å². The van der Waals surface area contributed by atoms with Crippen LogP contribution in [0.1, 0.15) is 24.3 Å². The predicted octanol–water partition coefficient (Wildman–Crippen LogP) is 2.87. The number of benzene rings is 1. The maximum Gasteiger partial charge on any atom is 0.335 e. The van der Waals surface area contributed by atoms with Crippen molar-refractivity contribution >= 4 is 39.7 Å². The van der Waals surface area contributed by atoms with Crippen molar-refractivity contribution in [1.29, 1.82) is 0 Å². The zero-order valence-corrected chi connectivity index (χ0v) is 20.2. The van der Waals surface area contributed by atoms with E-state index in [-0.39, 0.29) is 17.3 Å². The number of amides is 1. The Balaban J connectivity index is 1.41. The number of fused-ring (bicyclic) bond motifs is 1. The van der Waals surface area contributed by atoms with Gasteiger partial charge in [0.05, 0.1) is 28.6 Å². The molecule has 0 aliphatic carbocycles. The second-order valence-electron chi connectivity index (χ2n) is 8.78. The summed E-state index contributed by atoms with van der Waals surface area (Å²) >= 11 is 1.26. The molecule has 0 radical (unpaired) electrons. The van der Waals surface area contributed by atoms with E-state index in [2.05, 4.69) is 39.3 Å². The monoisotopic (exact) mass is 477 g/mol. The number of hydrogen-bond acceptors (Lipinski definition) is 7. The van der Waals surface area contributed by atoms with Gasteiger partial charge in [-0.05, 0) is 24.1 Å². The van der Waals surface area contributed by atoms with Crippen LogP contribution in [-0.2, 0) is 7.05 Å². The Bertz CT molecular complexity index is 1400. The van der Waals surface area contributed by atoms with Crippen LogP contribution in [0.2, 0.25) is 0 Å². The Morgan fingerprint density at radius 2 is 2.03 bits per heavy atom. The number of imidazole rings is 1. The highest BCUT2D eigenvalue weighted by Gasteiger charge is 2.24. The van der Waals surface area contributed by atoms with Gasteiger partial charge in [0.15, 0.2) is 5.13 Å². The Kier molecular flexibility index (Phi) is 5.93. The number of hydrogen-bond donors (Lipinski definition) is 2. The largest absolute Gasteiger partial charge is 0.367 e. The molecule has 1 aromatic carbocycles. The lowest BCUT2D eigenvalue weighted by molar-refractivity contribution is 0.102. The number of rotatable bonds is 5. The van der Waals surface area contributed by atoms with E-state index in [4.69, 9.17) is 0 Å². The number of para-hydroxylation sites is 2. The zero-order chi connectivity index (χ0) is 23.8. The van der Waals surface area contributed by atoms with Crippen LogP contribution in [0, 0.1) is 5.92 Å². The molecule has 2 N–H and O–H groups in total. The van der Waals surface area contributed by atoms with E-state index < -0.39 is 0 Å². The van der Waals surface area contributed by atoms with Crippen molar-refractivity contribution in [2.45, 2.75) is 19.9 Å². The SMILES string of the molecule is CC(C)[C@H]1CN(c2ccncc2NC(=O)c2csc(-n3c(=O)n(C)c4ccccc43)n2)CCN1. The van der Waals surface area contributed by atoms with Crippen molar-refractivity contribution in [3.63, 3.8) is 0 Å². The average molecular weight is 478 g/mol. The van der Waals surface area contributed by atoms with Gasteiger partial charge in [-0.2, -0.15) is 0 Å². The third-order valence-corrected chi connectivity index (χ3v) is 7.10. The van der Waals surface area contributed by atoms with Gasteiger partial charge in [-0.3, -0.25) is 14.3 Å². The number of piperazine rings is 1. The van der Waals surface area contributed by atoms with Crippen LogP contribution in [0.15, 0.2) is 52.9 Å². The Labute approximate surface area is 201 Å². The summed E-state index contributed by atoms with van der Waals surface area (Å²) in [6, 6.07) is 9.84. The van der Waals surface area contributed by atoms with Crippen LogP contribution in [0.3, 0.4) is 0 Å². The lowest BCUT2D eigenvalue weighted by atomic mass is 10.0. The minimum Gasteiger partial charge on any atom is -0.367 e. The summed E-state index contributed by atoms with van der Waals surface area (Å²) in [5.74, 6) is 0.175. The number of pyridine rings is 1. The minimum absolute atomic E-state index is 0.199. The van der Waals surface area contributed by atoms with Crippen molar-refractivity contribution in [1.82, 2.24) is 24.4 Å². The summed E-state index contributed by atoms with van der Waals surface area (Å²) in [7, 11) is 1.73. The van der Waals surface area contributed by atoms with E-state index >= 15 is 0 Å². The highest BCUT2D eigenvalue weighted by atomic mass is 32.1. The number of nitrogens with zero attached hydrogens (tertiary/aromatic N) is 5. The van der Waals surface area contributed by atoms with Crippen molar-refractivity contribution in [3.8, 4) is 5.13 Å². The van der Waals surface area contributed by atoms with Crippen molar-refractivity contribution in [3.05, 3.63) is 64.3 Å². The second-order valence-corrected chi connectivity index (χ2v) is 9.62. The molecule has 1 aliphatic heterocycles. The van der Waals surface area contributed by atoms with Crippen LogP contribution in [0.5, 0.6) is 0 Å². The number of carbonyl (C=O) groups is 1. The fourth-order valence-corrected chi connectivity index (χ4v) is 5.15. The second kappa shape index (κ2) is 9.03. The van der Waals surface area contributed by atoms with Gasteiger partial charge in [-0.1, -0.05) is 26.0 Å². The number of carbonyl (C=O) groups excluding carboxylic acids is 1. The summed E-state index contributed by atoms with van der Waals surface area (Å²) in [6.45, 7) is 7.00. The number of aromatic nitrogens is 4. The van der Waals surface area contributed by atoms with Crippen LogP contribution in [0.4, 0.5) is 11.4 Å². The van der Waals surface area contributed by atoms with Gasteiger partial charge in [0.1, 0.15) is 5.69 Å². The van der Waals surface area contributed by atoms with Crippen LogP contribution in [-0.4, -0.2) is 50.7 Å². The van der Waals surface area contributed by atoms with Crippen molar-refractivity contribution in [2.75, 3.05) is 29.9 Å². The molecular weight excluding hydrogens is 450 g/mol. The smallest absolute Gasteiger partial charge is 0.335 e. The van der Waals surface area contributed by atoms with Gasteiger partial charge in [-0.25, -0.2) is 14.3 Å². The lowest BCUT2D eigenvalue weighted by Crippen LogP contribution is -2.53. The summed E-state index contributed by atoms with van der Waals surface area (Å²) in [4.78, 5) is 36.9. The van der Waals surface area contributed by atoms with Crippen molar-refractivity contribution < 1.29 is 4.79 Å². The maximum absolute atomic E-state index is 13.1. The number of thiazole rings is 1. The van der Waals surface area contributed by atoms with Crippen LogP contribution >= 0.6 is 11.3 Å². The Morgan fingerprint density at radius 3 is 2.82 bits per heavy atom. The summed E-state index contributed by atoms with van der Waals surface area (Å²) in [5.41, 5.74) is 3.21. The van der Waals surface area contributed by atoms with Gasteiger partial charge in [0, 0.05) is 44.3 Å². The first-order valence-electron chi connectivity index (χ1n) is 11.3. The molecule has 1 fully saturated rings. The van der Waals surface area contributed by atoms with E-state index in [0.717, 1.165) is 36.4 Å². The topological polar surface area (TPSA) is 97.1 Å². The molecule has 176 valence electrons. The van der Waals surface area contributed by atoms with Gasteiger partial charge in [-0.15, -0.1) is 11.3 Å². The first-order valence-corrected chi connectivity index (χ1v) is 12.2. The highest BCUT2D eigenvalue weighted by Crippen LogP contribution is 2.27. The quantitative estimate of drug-likeness (QED) is 0.459. The van der Waals surface area contributed by atoms with E-state index in [0.29, 0.717) is 22.8 Å². The third-order valence-electron chi connectivity index (χ3n) is 6.28. The molecule has 1 aliphatic rings. The highest BCUT2D eigenvalue weighted by molar-refractivity contribution is 7.12. The molecule has 0 saturated carbocycles. The van der Waals surface area contributed by atoms with E-state index in [1.807, 2.05) is 30.3 Å². The van der Waals surface area contributed by atoms with Crippen LogP contribution in [0.25, 0.3) is 16.2 Å². The average Bonchev–Trinajstić information content (AvgIpc) is 3.43. The molecule has 0 unspecified atom stereocenters. The number of nitrogens with one attached hydrogen (secondary N) is 2. The molecule has 1 atom stereocenters. The first-order chi connectivity index (χ1) is 16.4. The van der Waals surface area contributed by atoms with E-state index in [1.165, 1.54) is 11.3 Å². The van der Waals surface area contributed by atoms with Gasteiger partial charge >= 0.3 is 5.69 Å². The van der Waals surface area contributed by atoms with Gasteiger partial charge in [0.25, 0.3) is 5.91 Å².